The van der Waals surface area contributed by atoms with Crippen LogP contribution in [0.15, 0.2) is 5.16 Å². The number of thiophene rings is 1. The summed E-state index contributed by atoms with van der Waals surface area (Å²) in [5, 5.41) is 10.0. The van der Waals surface area contributed by atoms with E-state index in [-0.39, 0.29) is 12.6 Å². The molecule has 2 aromatic rings. The third kappa shape index (κ3) is 2.87. The molecule has 6 nitrogen and oxygen atoms in total. The Morgan fingerprint density at radius 1 is 1.50 bits per heavy atom. The Balaban J connectivity index is 2.47. The summed E-state index contributed by atoms with van der Waals surface area (Å²) >= 11 is 2.57. The van der Waals surface area contributed by atoms with Gasteiger partial charge in [0.1, 0.15) is 15.5 Å². The molecule has 0 aliphatic rings. The van der Waals surface area contributed by atoms with Crippen LogP contribution in [0.1, 0.15) is 22.2 Å². The van der Waals surface area contributed by atoms with E-state index in [1.54, 1.807) is 6.92 Å². The predicted molar refractivity (Wildman–Crippen MR) is 80.3 cm³/mol. The van der Waals surface area contributed by atoms with E-state index in [2.05, 4.69) is 9.97 Å². The number of ether oxygens (including phenoxy) is 1. The Kier molecular flexibility index (Phi) is 4.79. The van der Waals surface area contributed by atoms with Crippen molar-refractivity contribution in [3.63, 3.8) is 0 Å². The molecule has 0 spiro atoms. The molecule has 0 atom stereocenters. The first-order chi connectivity index (χ1) is 9.58. The fraction of sp³-hybridized carbons (Fsp3) is 0.417. The predicted octanol–water partition coefficient (Wildman–Crippen LogP) is 1.84. The molecule has 3 N–H and O–H groups in total. The second-order valence-electron chi connectivity index (χ2n) is 3.92. The van der Waals surface area contributed by atoms with Gasteiger partial charge in [-0.25, -0.2) is 14.8 Å². The van der Waals surface area contributed by atoms with Crippen LogP contribution in [0.5, 0.6) is 0 Å². The maximum atomic E-state index is 11.9. The molecule has 0 aliphatic carbocycles. The highest BCUT2D eigenvalue weighted by Crippen LogP contribution is 2.34. The molecule has 0 saturated heterocycles. The average molecular weight is 313 g/mol. The van der Waals surface area contributed by atoms with Crippen LogP contribution in [0, 0.1) is 6.92 Å². The topological polar surface area (TPSA) is 98.3 Å². The number of aromatic nitrogens is 2. The first-order valence-corrected chi connectivity index (χ1v) is 7.86. The molecule has 0 radical (unpaired) electrons. The lowest BCUT2D eigenvalue weighted by Gasteiger charge is -2.02. The van der Waals surface area contributed by atoms with E-state index in [4.69, 9.17) is 15.6 Å². The first kappa shape index (κ1) is 15.0. The molecule has 20 heavy (non-hydrogen) atoms. The third-order valence-corrected chi connectivity index (χ3v) is 4.57. The van der Waals surface area contributed by atoms with Crippen LogP contribution < -0.4 is 5.73 Å². The number of carbonyl (C=O) groups excluding carboxylic acids is 1. The number of carbonyl (C=O) groups is 1. The highest BCUT2D eigenvalue weighted by atomic mass is 32.2. The standard InChI is InChI=1S/C12H15N3O3S2/c1-3-18-11(17)8-6(2)7-9(13)14-12(19-5-4-16)15-10(7)20-8/h16H,3-5H2,1-2H3,(H2,13,14,15). The Hall–Kier alpha value is -1.38. The molecule has 8 heteroatoms. The first-order valence-electron chi connectivity index (χ1n) is 6.05. The molecule has 2 heterocycles. The number of rotatable bonds is 5. The van der Waals surface area contributed by atoms with Crippen molar-refractivity contribution in [2.45, 2.75) is 19.0 Å². The zero-order valence-electron chi connectivity index (χ0n) is 11.2. The molecule has 2 aromatic heterocycles. The van der Waals surface area contributed by atoms with Gasteiger partial charge in [-0.1, -0.05) is 11.8 Å². The van der Waals surface area contributed by atoms with Gasteiger partial charge in [0.2, 0.25) is 0 Å². The number of nitrogens with zero attached hydrogens (tertiary/aromatic N) is 2. The molecule has 0 aromatic carbocycles. The van der Waals surface area contributed by atoms with Gasteiger partial charge in [-0.3, -0.25) is 0 Å². The van der Waals surface area contributed by atoms with Crippen molar-refractivity contribution in [1.29, 1.82) is 0 Å². The third-order valence-electron chi connectivity index (χ3n) is 2.58. The normalized spacial score (nSPS) is 10.9. The molecule has 0 bridgehead atoms. The number of fused-ring (bicyclic) bond motifs is 1. The minimum Gasteiger partial charge on any atom is -0.462 e. The minimum absolute atomic E-state index is 0.0452. The van der Waals surface area contributed by atoms with Crippen LogP contribution in [-0.4, -0.2) is 40.0 Å². The fourth-order valence-electron chi connectivity index (χ4n) is 1.74. The van der Waals surface area contributed by atoms with E-state index >= 15 is 0 Å². The van der Waals surface area contributed by atoms with Crippen LogP contribution in [0.4, 0.5) is 5.82 Å². The quantitative estimate of drug-likeness (QED) is 0.493. The van der Waals surface area contributed by atoms with Crippen LogP contribution in [0.25, 0.3) is 10.2 Å². The molecular formula is C12H15N3O3S2. The summed E-state index contributed by atoms with van der Waals surface area (Å²) in [6.45, 7) is 3.94. The van der Waals surface area contributed by atoms with Crippen molar-refractivity contribution in [3.05, 3.63) is 10.4 Å². The SMILES string of the molecule is CCOC(=O)c1sc2nc(SCCO)nc(N)c2c1C. The summed E-state index contributed by atoms with van der Waals surface area (Å²) in [5.41, 5.74) is 6.69. The number of hydrogen-bond acceptors (Lipinski definition) is 8. The summed E-state index contributed by atoms with van der Waals surface area (Å²) < 4.78 is 5.02. The lowest BCUT2D eigenvalue weighted by Crippen LogP contribution is -2.03. The number of thioether (sulfide) groups is 1. The fourth-order valence-corrected chi connectivity index (χ4v) is 3.48. The van der Waals surface area contributed by atoms with Gasteiger partial charge < -0.3 is 15.6 Å². The van der Waals surface area contributed by atoms with Crippen LogP contribution in [-0.2, 0) is 4.74 Å². The number of hydrogen-bond donors (Lipinski definition) is 2. The zero-order valence-corrected chi connectivity index (χ0v) is 12.8. The molecule has 0 amide bonds. The number of aryl methyl sites for hydroxylation is 1. The number of nitrogens with two attached hydrogens (primary N) is 1. The molecule has 2 rings (SSSR count). The van der Waals surface area contributed by atoms with Crippen molar-refractivity contribution >= 4 is 45.1 Å². The van der Waals surface area contributed by atoms with Crippen molar-refractivity contribution < 1.29 is 14.6 Å². The highest BCUT2D eigenvalue weighted by molar-refractivity contribution is 7.99. The second kappa shape index (κ2) is 6.38. The molecule has 0 saturated carbocycles. The van der Waals surface area contributed by atoms with Crippen LogP contribution in [0.2, 0.25) is 0 Å². The second-order valence-corrected chi connectivity index (χ2v) is 5.98. The lowest BCUT2D eigenvalue weighted by molar-refractivity contribution is 0.0531. The van der Waals surface area contributed by atoms with Crippen molar-refractivity contribution in [2.75, 3.05) is 24.7 Å². The lowest BCUT2D eigenvalue weighted by atomic mass is 10.2. The van der Waals surface area contributed by atoms with Crippen molar-refractivity contribution in [3.8, 4) is 0 Å². The monoisotopic (exact) mass is 313 g/mol. The number of nitrogen functional groups attached to an aromatic ring is 1. The van der Waals surface area contributed by atoms with E-state index in [1.165, 1.54) is 23.1 Å². The molecular weight excluding hydrogens is 298 g/mol. The van der Waals surface area contributed by atoms with Crippen LogP contribution in [0.3, 0.4) is 0 Å². The summed E-state index contributed by atoms with van der Waals surface area (Å²) in [7, 11) is 0. The summed E-state index contributed by atoms with van der Waals surface area (Å²) in [5.74, 6) is 0.483. The number of aliphatic hydroxyl groups excluding tert-OH is 1. The summed E-state index contributed by atoms with van der Waals surface area (Å²) in [4.78, 5) is 21.6. The van der Waals surface area contributed by atoms with Gasteiger partial charge in [0.15, 0.2) is 5.16 Å². The zero-order chi connectivity index (χ0) is 14.7. The highest BCUT2D eigenvalue weighted by Gasteiger charge is 2.20. The largest absolute Gasteiger partial charge is 0.462 e. The van der Waals surface area contributed by atoms with Crippen molar-refractivity contribution in [1.82, 2.24) is 9.97 Å². The van der Waals surface area contributed by atoms with Gasteiger partial charge in [0.05, 0.1) is 18.6 Å². The van der Waals surface area contributed by atoms with E-state index in [0.29, 0.717) is 38.4 Å². The Labute approximate surface area is 124 Å². The van der Waals surface area contributed by atoms with Crippen LogP contribution >= 0.6 is 23.1 Å². The molecule has 0 aliphatic heterocycles. The minimum atomic E-state index is -0.364. The van der Waals surface area contributed by atoms with E-state index in [0.717, 1.165) is 5.56 Å². The number of esters is 1. The van der Waals surface area contributed by atoms with E-state index < -0.39 is 0 Å². The Morgan fingerprint density at radius 3 is 2.90 bits per heavy atom. The van der Waals surface area contributed by atoms with Gasteiger partial charge >= 0.3 is 5.97 Å². The average Bonchev–Trinajstić information content (AvgIpc) is 2.74. The number of anilines is 1. The van der Waals surface area contributed by atoms with Crippen molar-refractivity contribution in [2.24, 2.45) is 0 Å². The Morgan fingerprint density at radius 2 is 2.25 bits per heavy atom. The van der Waals surface area contributed by atoms with Gasteiger partial charge in [0, 0.05) is 5.75 Å². The molecule has 0 unspecified atom stereocenters. The summed E-state index contributed by atoms with van der Waals surface area (Å²) in [6, 6.07) is 0. The maximum Gasteiger partial charge on any atom is 0.348 e. The smallest absolute Gasteiger partial charge is 0.348 e. The van der Waals surface area contributed by atoms with E-state index in [9.17, 15) is 4.79 Å². The van der Waals surface area contributed by atoms with Gasteiger partial charge in [0.25, 0.3) is 0 Å². The van der Waals surface area contributed by atoms with E-state index in [1.807, 2.05) is 6.92 Å². The Bertz CT molecular complexity index is 642. The maximum absolute atomic E-state index is 11.9. The van der Waals surface area contributed by atoms with Gasteiger partial charge in [-0.15, -0.1) is 11.3 Å². The number of aliphatic hydroxyl groups is 1. The van der Waals surface area contributed by atoms with Gasteiger partial charge in [-0.05, 0) is 19.4 Å². The molecule has 0 fully saturated rings. The summed E-state index contributed by atoms with van der Waals surface area (Å²) in [6.07, 6.45) is 0. The molecule has 108 valence electrons. The van der Waals surface area contributed by atoms with Gasteiger partial charge in [-0.2, -0.15) is 0 Å².